The highest BCUT2D eigenvalue weighted by Gasteiger charge is 2.67. The molecule has 3 fully saturated rings. The van der Waals surface area contributed by atoms with Gasteiger partial charge in [-0.15, -0.1) is 0 Å². The van der Waals surface area contributed by atoms with E-state index in [0.717, 1.165) is 44.9 Å². The van der Waals surface area contributed by atoms with Crippen LogP contribution in [-0.4, -0.2) is 28.7 Å². The maximum Gasteiger partial charge on any atom is 0.159 e. The average molecular weight is 457 g/mol. The van der Waals surface area contributed by atoms with Crippen LogP contribution < -0.4 is 0 Å². The molecule has 0 heterocycles. The van der Waals surface area contributed by atoms with Gasteiger partial charge in [0.2, 0.25) is 0 Å². The van der Waals surface area contributed by atoms with E-state index in [-0.39, 0.29) is 45.7 Å². The highest BCUT2D eigenvalue weighted by atomic mass is 16.3. The van der Waals surface area contributed by atoms with Crippen molar-refractivity contribution in [3.63, 3.8) is 0 Å². The molecule has 0 radical (unpaired) electrons. The summed E-state index contributed by atoms with van der Waals surface area (Å²) in [5.41, 5.74) is 2.83. The normalized spacial score (nSPS) is 53.6. The summed E-state index contributed by atoms with van der Waals surface area (Å²) in [6.45, 7) is 16.8. The Morgan fingerprint density at radius 2 is 1.55 bits per heavy atom. The molecule has 33 heavy (non-hydrogen) atoms. The van der Waals surface area contributed by atoms with Crippen LogP contribution in [-0.2, 0) is 4.79 Å². The number of allylic oxidation sites excluding steroid dienone is 2. The fourth-order valence-corrected chi connectivity index (χ4v) is 10.2. The molecule has 0 aromatic heterocycles. The monoisotopic (exact) mass is 456 g/mol. The highest BCUT2D eigenvalue weighted by Crippen LogP contribution is 2.74. The van der Waals surface area contributed by atoms with E-state index < -0.39 is 0 Å². The predicted octanol–water partition coefficient (Wildman–Crippen LogP) is 6.46. The number of hydrogen-bond acceptors (Lipinski definition) is 3. The SMILES string of the molecule is CC1(C)[C@H](O)CC[C@]2(C)C3=C(C(=O)C[C@@H]12)[C@@]1(C)CC[C@@]2(C)CC[C@@](C)(CO)C[C@H]2[C@]1(C)CC3. The van der Waals surface area contributed by atoms with Crippen LogP contribution in [0.2, 0.25) is 0 Å². The number of aliphatic hydroxyl groups is 2. The number of aliphatic hydroxyl groups excluding tert-OH is 2. The molecular formula is C30H48O3. The van der Waals surface area contributed by atoms with Crippen molar-refractivity contribution in [2.75, 3.05) is 6.61 Å². The summed E-state index contributed by atoms with van der Waals surface area (Å²) in [6.07, 6.45) is 10.0. The molecule has 0 saturated heterocycles. The Balaban J connectivity index is 1.63. The molecule has 2 N–H and O–H groups in total. The van der Waals surface area contributed by atoms with Crippen molar-refractivity contribution in [3.8, 4) is 0 Å². The first-order valence-corrected chi connectivity index (χ1v) is 13.7. The van der Waals surface area contributed by atoms with E-state index in [1.54, 1.807) is 0 Å². The molecule has 3 nitrogen and oxygen atoms in total. The van der Waals surface area contributed by atoms with Gasteiger partial charge in [0.1, 0.15) is 0 Å². The third-order valence-electron chi connectivity index (χ3n) is 13.0. The van der Waals surface area contributed by atoms with E-state index >= 15 is 0 Å². The third-order valence-corrected chi connectivity index (χ3v) is 13.0. The van der Waals surface area contributed by atoms with Crippen LogP contribution in [0, 0.1) is 44.3 Å². The predicted molar refractivity (Wildman–Crippen MR) is 133 cm³/mol. The first kappa shape index (κ1) is 24.0. The minimum absolute atomic E-state index is 0.0112. The number of fused-ring (bicyclic) bond motifs is 6. The quantitative estimate of drug-likeness (QED) is 0.476. The molecule has 5 aliphatic carbocycles. The van der Waals surface area contributed by atoms with Crippen LogP contribution in [0.25, 0.3) is 0 Å². The lowest BCUT2D eigenvalue weighted by Gasteiger charge is -2.69. The molecular weight excluding hydrogens is 408 g/mol. The van der Waals surface area contributed by atoms with Gasteiger partial charge in [0.05, 0.1) is 6.10 Å². The lowest BCUT2D eigenvalue weighted by molar-refractivity contribution is -0.165. The first-order valence-electron chi connectivity index (χ1n) is 13.7. The van der Waals surface area contributed by atoms with Gasteiger partial charge in [0.25, 0.3) is 0 Å². The summed E-state index contributed by atoms with van der Waals surface area (Å²) in [4.78, 5) is 14.1. The maximum absolute atomic E-state index is 14.1. The highest BCUT2D eigenvalue weighted by molar-refractivity contribution is 5.99. The largest absolute Gasteiger partial charge is 0.396 e. The summed E-state index contributed by atoms with van der Waals surface area (Å²) in [6, 6.07) is 0. The molecule has 5 aliphatic rings. The van der Waals surface area contributed by atoms with Crippen molar-refractivity contribution < 1.29 is 15.0 Å². The van der Waals surface area contributed by atoms with Crippen LogP contribution in [0.5, 0.6) is 0 Å². The summed E-state index contributed by atoms with van der Waals surface area (Å²) >= 11 is 0. The van der Waals surface area contributed by atoms with E-state index in [4.69, 9.17) is 0 Å². The van der Waals surface area contributed by atoms with Crippen molar-refractivity contribution in [1.29, 1.82) is 0 Å². The minimum atomic E-state index is -0.316. The van der Waals surface area contributed by atoms with Crippen molar-refractivity contribution >= 4 is 5.78 Å². The van der Waals surface area contributed by atoms with E-state index in [9.17, 15) is 15.0 Å². The van der Waals surface area contributed by atoms with E-state index in [2.05, 4.69) is 48.5 Å². The number of carbonyl (C=O) groups excluding carboxylic acids is 1. The summed E-state index contributed by atoms with van der Waals surface area (Å²) in [5, 5.41) is 21.1. The topological polar surface area (TPSA) is 57.5 Å². The third kappa shape index (κ3) is 2.90. The second-order valence-corrected chi connectivity index (χ2v) is 15.0. The van der Waals surface area contributed by atoms with Crippen LogP contribution in [0.15, 0.2) is 11.1 Å². The summed E-state index contributed by atoms with van der Waals surface area (Å²) in [7, 11) is 0. The minimum Gasteiger partial charge on any atom is -0.396 e. The fraction of sp³-hybridized carbons (Fsp3) is 0.900. The number of hydrogen-bond donors (Lipinski definition) is 2. The molecule has 0 spiro atoms. The van der Waals surface area contributed by atoms with Gasteiger partial charge >= 0.3 is 0 Å². The Kier molecular flexibility index (Phi) is 5.07. The zero-order valence-corrected chi connectivity index (χ0v) is 22.3. The van der Waals surface area contributed by atoms with Crippen LogP contribution in [0.1, 0.15) is 113 Å². The Morgan fingerprint density at radius 3 is 2.21 bits per heavy atom. The van der Waals surface area contributed by atoms with Gasteiger partial charge in [-0.25, -0.2) is 0 Å². The van der Waals surface area contributed by atoms with Crippen molar-refractivity contribution in [2.45, 2.75) is 119 Å². The Hall–Kier alpha value is -0.670. The Labute approximate surface area is 201 Å². The standard InChI is InChI=1S/C30H48O3/c1-25(2)21-16-20(32)24-19(28(21,5)10-9-23(25)33)8-11-29(6)22-17-26(3,18-31)12-13-27(22,4)14-15-30(24,29)7/h21-23,31,33H,8-18H2,1-7H3/t21-,22+,23+,26+,27+,28+,29-,30+/m0/s1. The maximum atomic E-state index is 14.1. The smallest absolute Gasteiger partial charge is 0.159 e. The first-order chi connectivity index (χ1) is 15.2. The Morgan fingerprint density at radius 1 is 0.879 bits per heavy atom. The lowest BCUT2D eigenvalue weighted by Crippen LogP contribution is -2.62. The summed E-state index contributed by atoms with van der Waals surface area (Å²) in [5.74, 6) is 1.16. The van der Waals surface area contributed by atoms with Gasteiger partial charge in [-0.05, 0) is 96.7 Å². The molecule has 0 amide bonds. The second kappa shape index (κ2) is 6.96. The van der Waals surface area contributed by atoms with E-state index in [1.807, 2.05) is 0 Å². The van der Waals surface area contributed by atoms with Crippen LogP contribution in [0.3, 0.4) is 0 Å². The van der Waals surface area contributed by atoms with Crippen molar-refractivity contribution in [2.24, 2.45) is 44.3 Å². The van der Waals surface area contributed by atoms with Gasteiger partial charge in [-0.1, -0.05) is 54.0 Å². The zero-order chi connectivity index (χ0) is 24.2. The Bertz CT molecular complexity index is 902. The molecule has 3 saturated carbocycles. The lowest BCUT2D eigenvalue weighted by atomic mass is 9.35. The molecule has 0 aromatic carbocycles. The molecule has 3 heteroatoms. The fourth-order valence-electron chi connectivity index (χ4n) is 10.2. The number of carbonyl (C=O) groups is 1. The van der Waals surface area contributed by atoms with Crippen molar-refractivity contribution in [3.05, 3.63) is 11.1 Å². The number of Topliss-reactive ketones (excluding diaryl/α,β-unsaturated/α-hetero) is 1. The number of rotatable bonds is 1. The van der Waals surface area contributed by atoms with Gasteiger partial charge in [0.15, 0.2) is 5.78 Å². The molecule has 0 bridgehead atoms. The molecule has 186 valence electrons. The van der Waals surface area contributed by atoms with Gasteiger partial charge < -0.3 is 10.2 Å². The molecule has 8 atom stereocenters. The van der Waals surface area contributed by atoms with Crippen LogP contribution >= 0.6 is 0 Å². The van der Waals surface area contributed by atoms with Gasteiger partial charge in [-0.3, -0.25) is 4.79 Å². The number of ketones is 1. The second-order valence-electron chi connectivity index (χ2n) is 15.0. The summed E-state index contributed by atoms with van der Waals surface area (Å²) < 4.78 is 0. The average Bonchev–Trinajstić information content (AvgIpc) is 2.75. The zero-order valence-electron chi connectivity index (χ0n) is 22.3. The molecule has 0 aromatic rings. The van der Waals surface area contributed by atoms with E-state index in [0.29, 0.717) is 23.5 Å². The van der Waals surface area contributed by atoms with Gasteiger partial charge in [-0.2, -0.15) is 0 Å². The molecule has 0 unspecified atom stereocenters. The van der Waals surface area contributed by atoms with Gasteiger partial charge in [0, 0.05) is 24.0 Å². The van der Waals surface area contributed by atoms with E-state index in [1.165, 1.54) is 24.0 Å². The molecule has 5 rings (SSSR count). The molecule has 0 aliphatic heterocycles. The van der Waals surface area contributed by atoms with Crippen LogP contribution in [0.4, 0.5) is 0 Å². The van der Waals surface area contributed by atoms with Crippen molar-refractivity contribution in [1.82, 2.24) is 0 Å².